The zero-order valence-electron chi connectivity index (χ0n) is 12.1. The van der Waals surface area contributed by atoms with Crippen LogP contribution in [0.25, 0.3) is 5.69 Å². The fourth-order valence-corrected chi connectivity index (χ4v) is 2.13. The van der Waals surface area contributed by atoms with Crippen LogP contribution in [0.15, 0.2) is 60.8 Å². The quantitative estimate of drug-likeness (QED) is 0.778. The molecule has 0 saturated carbocycles. The number of halogens is 1. The summed E-state index contributed by atoms with van der Waals surface area (Å²) in [6.45, 7) is -0.0943. The Morgan fingerprint density at radius 1 is 1.17 bits per heavy atom. The monoisotopic (exact) mass is 311 g/mol. The van der Waals surface area contributed by atoms with E-state index in [0.29, 0.717) is 16.9 Å². The summed E-state index contributed by atoms with van der Waals surface area (Å²) in [6, 6.07) is 14.3. The molecular weight excluding hydrogens is 297 g/mol. The minimum absolute atomic E-state index is 0.0943. The molecule has 0 saturated heterocycles. The van der Waals surface area contributed by atoms with Crippen molar-refractivity contribution >= 4 is 11.6 Å². The number of carbonyl (C=O) groups is 1. The second-order valence-electron chi connectivity index (χ2n) is 4.93. The van der Waals surface area contributed by atoms with Gasteiger partial charge >= 0.3 is 0 Å². The second-order valence-corrected chi connectivity index (χ2v) is 4.93. The lowest BCUT2D eigenvalue weighted by molar-refractivity contribution is 0.102. The van der Waals surface area contributed by atoms with Crippen LogP contribution in [0.2, 0.25) is 0 Å². The van der Waals surface area contributed by atoms with Gasteiger partial charge in [0.2, 0.25) is 0 Å². The number of hydrogen-bond donors (Lipinski definition) is 2. The average Bonchev–Trinajstić information content (AvgIpc) is 3.06. The van der Waals surface area contributed by atoms with Gasteiger partial charge in [0.05, 0.1) is 12.3 Å². The molecule has 116 valence electrons. The first kappa shape index (κ1) is 14.9. The van der Waals surface area contributed by atoms with Gasteiger partial charge in [0.25, 0.3) is 5.91 Å². The van der Waals surface area contributed by atoms with Crippen LogP contribution in [-0.4, -0.2) is 20.8 Å². The zero-order chi connectivity index (χ0) is 16.2. The molecule has 0 atom stereocenters. The summed E-state index contributed by atoms with van der Waals surface area (Å²) >= 11 is 0. The number of nitrogens with zero attached hydrogens (tertiary/aromatic N) is 2. The summed E-state index contributed by atoms with van der Waals surface area (Å²) in [7, 11) is 0. The van der Waals surface area contributed by atoms with Gasteiger partial charge in [-0.1, -0.05) is 12.1 Å². The van der Waals surface area contributed by atoms with E-state index in [1.807, 2.05) is 0 Å². The molecule has 3 aromatic rings. The van der Waals surface area contributed by atoms with Crippen LogP contribution in [0.3, 0.4) is 0 Å². The van der Waals surface area contributed by atoms with Gasteiger partial charge in [-0.2, -0.15) is 5.10 Å². The molecule has 0 aliphatic carbocycles. The summed E-state index contributed by atoms with van der Waals surface area (Å²) in [5.41, 5.74) is 2.19. The van der Waals surface area contributed by atoms with Crippen LogP contribution < -0.4 is 5.32 Å². The molecule has 1 aromatic heterocycles. The van der Waals surface area contributed by atoms with E-state index in [2.05, 4.69) is 10.4 Å². The minimum atomic E-state index is -0.360. The number of aliphatic hydroxyl groups is 1. The third kappa shape index (κ3) is 3.44. The minimum Gasteiger partial charge on any atom is -0.392 e. The van der Waals surface area contributed by atoms with Crippen LogP contribution in [0, 0.1) is 5.82 Å². The topological polar surface area (TPSA) is 67.2 Å². The van der Waals surface area contributed by atoms with Gasteiger partial charge in [0, 0.05) is 11.9 Å². The third-order valence-corrected chi connectivity index (χ3v) is 3.28. The van der Waals surface area contributed by atoms with E-state index in [0.717, 1.165) is 0 Å². The maximum Gasteiger partial charge on any atom is 0.276 e. The molecule has 2 N–H and O–H groups in total. The number of anilines is 1. The summed E-state index contributed by atoms with van der Waals surface area (Å²) in [5, 5.41) is 16.0. The molecule has 1 amide bonds. The van der Waals surface area contributed by atoms with Crippen LogP contribution in [0.1, 0.15) is 16.1 Å². The van der Waals surface area contributed by atoms with Gasteiger partial charge in [-0.05, 0) is 48.0 Å². The Labute approximate surface area is 132 Å². The van der Waals surface area contributed by atoms with E-state index >= 15 is 0 Å². The lowest BCUT2D eigenvalue weighted by Crippen LogP contribution is -2.13. The van der Waals surface area contributed by atoms with Gasteiger partial charge < -0.3 is 10.4 Å². The van der Waals surface area contributed by atoms with E-state index in [1.54, 1.807) is 48.7 Å². The summed E-state index contributed by atoms with van der Waals surface area (Å²) < 4.78 is 14.4. The number of benzene rings is 2. The Balaban J connectivity index is 1.76. The average molecular weight is 311 g/mol. The highest BCUT2D eigenvalue weighted by molar-refractivity contribution is 6.02. The van der Waals surface area contributed by atoms with Crippen molar-refractivity contribution in [2.75, 3.05) is 5.32 Å². The van der Waals surface area contributed by atoms with Crippen molar-refractivity contribution in [1.82, 2.24) is 9.78 Å². The number of carbonyl (C=O) groups excluding carboxylic acids is 1. The first-order chi connectivity index (χ1) is 11.2. The van der Waals surface area contributed by atoms with Gasteiger partial charge in [-0.3, -0.25) is 4.79 Å². The second kappa shape index (κ2) is 6.41. The summed E-state index contributed by atoms with van der Waals surface area (Å²) in [6.07, 6.45) is 1.63. The van der Waals surface area contributed by atoms with Crippen LogP contribution in [-0.2, 0) is 6.61 Å². The molecule has 0 fully saturated rings. The first-order valence-electron chi connectivity index (χ1n) is 6.98. The smallest absolute Gasteiger partial charge is 0.276 e. The number of rotatable bonds is 4. The molecule has 0 unspecified atom stereocenters. The van der Waals surface area contributed by atoms with Crippen molar-refractivity contribution in [1.29, 1.82) is 0 Å². The predicted molar refractivity (Wildman–Crippen MR) is 83.8 cm³/mol. The van der Waals surface area contributed by atoms with Crippen molar-refractivity contribution < 1.29 is 14.3 Å². The van der Waals surface area contributed by atoms with Gasteiger partial charge in [0.15, 0.2) is 5.69 Å². The van der Waals surface area contributed by atoms with Crippen LogP contribution >= 0.6 is 0 Å². The maximum absolute atomic E-state index is 12.9. The highest BCUT2D eigenvalue weighted by atomic mass is 19.1. The maximum atomic E-state index is 12.9. The molecule has 23 heavy (non-hydrogen) atoms. The van der Waals surface area contributed by atoms with Gasteiger partial charge in [-0.15, -0.1) is 0 Å². The molecule has 0 spiro atoms. The summed E-state index contributed by atoms with van der Waals surface area (Å²) in [5.74, 6) is -0.691. The fraction of sp³-hybridized carbons (Fsp3) is 0.0588. The van der Waals surface area contributed by atoms with Gasteiger partial charge in [-0.25, -0.2) is 9.07 Å². The molecule has 0 bridgehead atoms. The molecule has 0 radical (unpaired) electrons. The Morgan fingerprint density at radius 3 is 2.70 bits per heavy atom. The van der Waals surface area contributed by atoms with Crippen molar-refractivity contribution in [2.45, 2.75) is 6.61 Å². The Bertz CT molecular complexity index is 828. The molecule has 5 nitrogen and oxygen atoms in total. The van der Waals surface area contributed by atoms with Crippen molar-refractivity contribution in [3.05, 3.63) is 77.9 Å². The molecule has 0 aliphatic rings. The highest BCUT2D eigenvalue weighted by Crippen LogP contribution is 2.13. The number of aliphatic hydroxyl groups excluding tert-OH is 1. The van der Waals surface area contributed by atoms with Crippen LogP contribution in [0.5, 0.6) is 0 Å². The molecular formula is C17H14FN3O2. The molecule has 0 aliphatic heterocycles. The molecule has 6 heteroatoms. The lowest BCUT2D eigenvalue weighted by Gasteiger charge is -2.05. The highest BCUT2D eigenvalue weighted by Gasteiger charge is 2.11. The van der Waals surface area contributed by atoms with E-state index in [4.69, 9.17) is 5.11 Å². The van der Waals surface area contributed by atoms with E-state index in [-0.39, 0.29) is 24.0 Å². The van der Waals surface area contributed by atoms with E-state index in [9.17, 15) is 9.18 Å². The number of hydrogen-bond acceptors (Lipinski definition) is 3. The lowest BCUT2D eigenvalue weighted by atomic mass is 10.2. The number of nitrogens with one attached hydrogen (secondary N) is 1. The van der Waals surface area contributed by atoms with Crippen molar-refractivity contribution in [2.24, 2.45) is 0 Å². The van der Waals surface area contributed by atoms with Crippen molar-refractivity contribution in [3.8, 4) is 5.69 Å². The number of aromatic nitrogens is 2. The Morgan fingerprint density at radius 2 is 1.96 bits per heavy atom. The van der Waals surface area contributed by atoms with Crippen molar-refractivity contribution in [3.63, 3.8) is 0 Å². The first-order valence-corrected chi connectivity index (χ1v) is 6.98. The SMILES string of the molecule is O=C(Nc1cccc(CO)c1)c1ccn(-c2ccc(F)cc2)n1. The predicted octanol–water partition coefficient (Wildman–Crippen LogP) is 2.76. The fourth-order valence-electron chi connectivity index (χ4n) is 2.13. The van der Waals surface area contributed by atoms with E-state index < -0.39 is 0 Å². The molecule has 1 heterocycles. The largest absolute Gasteiger partial charge is 0.392 e. The number of amides is 1. The molecule has 3 rings (SSSR count). The van der Waals surface area contributed by atoms with Gasteiger partial charge in [0.1, 0.15) is 5.82 Å². The third-order valence-electron chi connectivity index (χ3n) is 3.28. The van der Waals surface area contributed by atoms with Crippen LogP contribution in [0.4, 0.5) is 10.1 Å². The normalized spacial score (nSPS) is 10.5. The Hall–Kier alpha value is -2.99. The molecule has 2 aromatic carbocycles. The standard InChI is InChI=1S/C17H14FN3O2/c18-13-4-6-15(7-5-13)21-9-8-16(20-21)17(23)19-14-3-1-2-12(10-14)11-22/h1-10,22H,11H2,(H,19,23). The van der Waals surface area contributed by atoms with E-state index in [1.165, 1.54) is 16.8 Å². The zero-order valence-corrected chi connectivity index (χ0v) is 12.1. The Kier molecular flexibility index (Phi) is 4.16. The summed E-state index contributed by atoms with van der Waals surface area (Å²) in [4.78, 5) is 12.2.